The predicted molar refractivity (Wildman–Crippen MR) is 80.7 cm³/mol. The zero-order valence-electron chi connectivity index (χ0n) is 13.2. The Kier molecular flexibility index (Phi) is 3.40. The Hall–Kier alpha value is -1.62. The molecule has 1 aromatic rings. The van der Waals surface area contributed by atoms with Crippen molar-refractivity contribution < 1.29 is 9.59 Å². The molecule has 2 aliphatic rings. The molecule has 0 bridgehead atoms. The van der Waals surface area contributed by atoms with E-state index in [1.165, 1.54) is 13.3 Å². The molecule has 2 aliphatic heterocycles. The van der Waals surface area contributed by atoms with E-state index in [2.05, 4.69) is 16.9 Å². The van der Waals surface area contributed by atoms with E-state index in [1.807, 2.05) is 18.7 Å². The number of likely N-dealkylation sites (tertiary alicyclic amines) is 2. The van der Waals surface area contributed by atoms with E-state index in [1.54, 1.807) is 0 Å². The van der Waals surface area contributed by atoms with E-state index in [-0.39, 0.29) is 11.7 Å². The van der Waals surface area contributed by atoms with Crippen molar-refractivity contribution in [2.75, 3.05) is 26.7 Å². The van der Waals surface area contributed by atoms with Crippen LogP contribution in [-0.2, 0) is 0 Å². The molecule has 114 valence electrons. The molecular weight excluding hydrogens is 266 g/mol. The molecule has 0 saturated carbocycles. The van der Waals surface area contributed by atoms with Crippen LogP contribution in [0.4, 0.5) is 0 Å². The Labute approximate surface area is 125 Å². The number of hydrogen-bond acceptors (Lipinski definition) is 3. The van der Waals surface area contributed by atoms with Gasteiger partial charge in [0.2, 0.25) is 0 Å². The van der Waals surface area contributed by atoms with Gasteiger partial charge < -0.3 is 14.8 Å². The lowest BCUT2D eigenvalue weighted by molar-refractivity contribution is 0.0773. The first-order chi connectivity index (χ1) is 9.90. The zero-order valence-corrected chi connectivity index (χ0v) is 13.2. The fraction of sp³-hybridized carbons (Fsp3) is 0.625. The Balaban J connectivity index is 1.85. The Bertz CT molecular complexity index is 605. The summed E-state index contributed by atoms with van der Waals surface area (Å²) in [4.78, 5) is 31.8. The number of Topliss-reactive ketones (excluding diaryl/α,β-unsaturated/α-hetero) is 1. The average molecular weight is 289 g/mol. The third-order valence-corrected chi connectivity index (χ3v) is 5.12. The fourth-order valence-corrected chi connectivity index (χ4v) is 3.92. The van der Waals surface area contributed by atoms with Crippen molar-refractivity contribution in [3.05, 3.63) is 22.5 Å². The normalized spacial score (nSPS) is 25.4. The summed E-state index contributed by atoms with van der Waals surface area (Å²) in [5.74, 6) is 0.648. The molecule has 0 spiro atoms. The molecule has 0 aliphatic carbocycles. The highest BCUT2D eigenvalue weighted by Gasteiger charge is 2.42. The molecule has 3 heterocycles. The Morgan fingerprint density at radius 1 is 1.24 bits per heavy atom. The second-order valence-electron chi connectivity index (χ2n) is 6.49. The summed E-state index contributed by atoms with van der Waals surface area (Å²) >= 11 is 0. The van der Waals surface area contributed by atoms with Crippen molar-refractivity contribution in [2.45, 2.75) is 33.2 Å². The quantitative estimate of drug-likeness (QED) is 0.842. The number of nitrogens with zero attached hydrogens (tertiary/aromatic N) is 2. The van der Waals surface area contributed by atoms with Crippen LogP contribution >= 0.6 is 0 Å². The van der Waals surface area contributed by atoms with E-state index in [0.717, 1.165) is 30.9 Å². The van der Waals surface area contributed by atoms with Gasteiger partial charge in [-0.1, -0.05) is 0 Å². The van der Waals surface area contributed by atoms with Gasteiger partial charge in [0.1, 0.15) is 0 Å². The summed E-state index contributed by atoms with van der Waals surface area (Å²) in [6.45, 7) is 8.04. The van der Waals surface area contributed by atoms with Gasteiger partial charge in [-0.3, -0.25) is 9.59 Å². The highest BCUT2D eigenvalue weighted by atomic mass is 16.2. The van der Waals surface area contributed by atoms with E-state index in [9.17, 15) is 9.59 Å². The van der Waals surface area contributed by atoms with E-state index < -0.39 is 0 Å². The van der Waals surface area contributed by atoms with E-state index >= 15 is 0 Å². The van der Waals surface area contributed by atoms with Crippen molar-refractivity contribution in [2.24, 2.45) is 5.92 Å². The molecule has 2 fully saturated rings. The minimum absolute atomic E-state index is 0.0207. The molecule has 5 heteroatoms. The van der Waals surface area contributed by atoms with Crippen LogP contribution in [-0.4, -0.2) is 59.2 Å². The van der Waals surface area contributed by atoms with Crippen molar-refractivity contribution in [3.63, 3.8) is 0 Å². The van der Waals surface area contributed by atoms with Gasteiger partial charge in [0.25, 0.3) is 5.91 Å². The molecule has 1 aromatic heterocycles. The molecule has 2 atom stereocenters. The lowest BCUT2D eigenvalue weighted by Crippen LogP contribution is -2.35. The molecule has 0 radical (unpaired) electrons. The van der Waals surface area contributed by atoms with Crippen LogP contribution in [0.3, 0.4) is 0 Å². The summed E-state index contributed by atoms with van der Waals surface area (Å²) in [6, 6.07) is 0.501. The Morgan fingerprint density at radius 2 is 1.95 bits per heavy atom. The Morgan fingerprint density at radius 3 is 2.52 bits per heavy atom. The summed E-state index contributed by atoms with van der Waals surface area (Å²) in [7, 11) is 2.14. The van der Waals surface area contributed by atoms with Crippen LogP contribution in [0, 0.1) is 19.8 Å². The van der Waals surface area contributed by atoms with Gasteiger partial charge in [-0.05, 0) is 45.3 Å². The highest BCUT2D eigenvalue weighted by molar-refractivity contribution is 6.02. The second-order valence-corrected chi connectivity index (χ2v) is 6.49. The first-order valence-electron chi connectivity index (χ1n) is 7.59. The minimum atomic E-state index is -0.0207. The van der Waals surface area contributed by atoms with Gasteiger partial charge in [-0.2, -0.15) is 0 Å². The largest absolute Gasteiger partial charge is 0.355 e. The van der Waals surface area contributed by atoms with Gasteiger partial charge in [0.15, 0.2) is 5.78 Å². The molecule has 21 heavy (non-hydrogen) atoms. The smallest absolute Gasteiger partial charge is 0.256 e. The van der Waals surface area contributed by atoms with Crippen molar-refractivity contribution in [3.8, 4) is 0 Å². The summed E-state index contributed by atoms with van der Waals surface area (Å²) in [6.07, 6.45) is 1.18. The second kappa shape index (κ2) is 4.98. The minimum Gasteiger partial charge on any atom is -0.355 e. The number of carbonyl (C=O) groups excluding carboxylic acids is 2. The number of H-pyrrole nitrogens is 1. The molecule has 5 nitrogen and oxygen atoms in total. The van der Waals surface area contributed by atoms with Crippen LogP contribution < -0.4 is 0 Å². The molecule has 1 amide bonds. The highest BCUT2D eigenvalue weighted by Crippen LogP contribution is 2.32. The third-order valence-electron chi connectivity index (χ3n) is 5.12. The zero-order chi connectivity index (χ0) is 15.3. The number of fused-ring (bicyclic) bond motifs is 1. The van der Waals surface area contributed by atoms with E-state index in [4.69, 9.17) is 0 Å². The number of carbonyl (C=O) groups is 2. The summed E-state index contributed by atoms with van der Waals surface area (Å²) in [5.41, 5.74) is 2.83. The van der Waals surface area contributed by atoms with Gasteiger partial charge in [-0.25, -0.2) is 0 Å². The number of likely N-dealkylation sites (N-methyl/N-ethyl adjacent to an activating group) is 1. The monoisotopic (exact) mass is 289 g/mol. The van der Waals surface area contributed by atoms with Crippen LogP contribution in [0.25, 0.3) is 0 Å². The number of aromatic nitrogens is 1. The summed E-state index contributed by atoms with van der Waals surface area (Å²) in [5, 5.41) is 0. The maximum Gasteiger partial charge on any atom is 0.256 e. The van der Waals surface area contributed by atoms with Crippen LogP contribution in [0.1, 0.15) is 45.4 Å². The van der Waals surface area contributed by atoms with Gasteiger partial charge in [-0.15, -0.1) is 0 Å². The van der Waals surface area contributed by atoms with Crippen molar-refractivity contribution in [1.82, 2.24) is 14.8 Å². The SMILES string of the molecule is CC(=O)c1[nH]c(C)c(C(=O)N2C[C@H]3CCN(C)[C@H]3C2)c1C. The molecule has 3 rings (SSSR count). The molecule has 1 N–H and O–H groups in total. The number of ketones is 1. The first kappa shape index (κ1) is 14.3. The lowest BCUT2D eigenvalue weighted by atomic mass is 10.1. The molecule has 2 saturated heterocycles. The first-order valence-corrected chi connectivity index (χ1v) is 7.59. The van der Waals surface area contributed by atoms with Crippen LogP contribution in [0.2, 0.25) is 0 Å². The van der Waals surface area contributed by atoms with Gasteiger partial charge in [0.05, 0.1) is 11.3 Å². The number of nitrogens with one attached hydrogen (secondary N) is 1. The average Bonchev–Trinajstić information content (AvgIpc) is 3.05. The van der Waals surface area contributed by atoms with Crippen LogP contribution in [0.5, 0.6) is 0 Å². The maximum absolute atomic E-state index is 12.8. The number of amides is 1. The number of hydrogen-bond donors (Lipinski definition) is 1. The molecule has 0 aromatic carbocycles. The molecule has 0 unspecified atom stereocenters. The molecular formula is C16H23N3O2. The number of rotatable bonds is 2. The third kappa shape index (κ3) is 2.20. The topological polar surface area (TPSA) is 56.4 Å². The predicted octanol–water partition coefficient (Wildman–Crippen LogP) is 1.61. The van der Waals surface area contributed by atoms with Gasteiger partial charge in [0, 0.05) is 31.7 Å². The number of aromatic amines is 1. The van der Waals surface area contributed by atoms with Crippen molar-refractivity contribution >= 4 is 11.7 Å². The van der Waals surface area contributed by atoms with E-state index in [0.29, 0.717) is 23.2 Å². The standard InChI is InChI=1S/C16H23N3O2/c1-9-14(10(2)17-15(9)11(3)20)16(21)19-7-12-5-6-18(4)13(12)8-19/h12-13,17H,5-8H2,1-4H3/t12-,13+/m1/s1. The van der Waals surface area contributed by atoms with Gasteiger partial charge >= 0.3 is 0 Å². The van der Waals surface area contributed by atoms with Crippen molar-refractivity contribution in [1.29, 1.82) is 0 Å². The maximum atomic E-state index is 12.8. The van der Waals surface area contributed by atoms with Crippen LogP contribution in [0.15, 0.2) is 0 Å². The lowest BCUT2D eigenvalue weighted by Gasteiger charge is -2.21. The fourth-order valence-electron chi connectivity index (χ4n) is 3.92. The number of aryl methyl sites for hydroxylation is 1. The summed E-state index contributed by atoms with van der Waals surface area (Å²) < 4.78 is 0.